The zero-order valence-electron chi connectivity index (χ0n) is 19.2. The molecule has 5 rings (SSSR count). The van der Waals surface area contributed by atoms with E-state index in [-0.39, 0.29) is 17.9 Å². The van der Waals surface area contributed by atoms with Gasteiger partial charge in [-0.15, -0.1) is 11.3 Å². The average Bonchev–Trinajstić information content (AvgIpc) is 3.63. The molecule has 2 aliphatic rings. The summed E-state index contributed by atoms with van der Waals surface area (Å²) in [7, 11) is -3.49. The van der Waals surface area contributed by atoms with E-state index >= 15 is 0 Å². The highest BCUT2D eigenvalue weighted by Crippen LogP contribution is 2.34. The lowest BCUT2D eigenvalue weighted by Crippen LogP contribution is -2.46. The summed E-state index contributed by atoms with van der Waals surface area (Å²) in [6, 6.07) is 9.65. The Hall–Kier alpha value is -1.85. The summed E-state index contributed by atoms with van der Waals surface area (Å²) in [6.45, 7) is 4.05. The van der Waals surface area contributed by atoms with Crippen molar-refractivity contribution >= 4 is 54.0 Å². The molecule has 0 aliphatic carbocycles. The molecule has 3 aromatic rings. The Bertz CT molecular complexity index is 1240. The number of hydrogen-bond donors (Lipinski definition) is 0. The largest absolute Gasteiger partial charge is 0.376 e. The second-order valence-electron chi connectivity index (χ2n) is 8.85. The van der Waals surface area contributed by atoms with Gasteiger partial charge < -0.3 is 4.74 Å². The van der Waals surface area contributed by atoms with Crippen LogP contribution in [0.4, 0.5) is 5.13 Å². The van der Waals surface area contributed by atoms with Gasteiger partial charge in [-0.05, 0) is 61.2 Å². The van der Waals surface area contributed by atoms with Crippen LogP contribution >= 0.6 is 22.7 Å². The van der Waals surface area contributed by atoms with Crippen molar-refractivity contribution in [3.63, 3.8) is 0 Å². The number of nitrogens with zero attached hydrogens (tertiary/aromatic N) is 3. The molecule has 1 aromatic carbocycles. The Morgan fingerprint density at radius 3 is 2.74 bits per heavy atom. The Morgan fingerprint density at radius 1 is 1.24 bits per heavy atom. The van der Waals surface area contributed by atoms with Crippen molar-refractivity contribution in [1.82, 2.24) is 9.29 Å². The molecule has 34 heavy (non-hydrogen) atoms. The molecule has 1 amide bonds. The van der Waals surface area contributed by atoms with Gasteiger partial charge >= 0.3 is 0 Å². The van der Waals surface area contributed by atoms with Crippen LogP contribution in [-0.2, 0) is 26.0 Å². The zero-order chi connectivity index (χ0) is 23.7. The number of thiazole rings is 1. The second kappa shape index (κ2) is 10.0. The van der Waals surface area contributed by atoms with E-state index in [1.165, 1.54) is 21.2 Å². The third-order valence-electron chi connectivity index (χ3n) is 6.65. The first kappa shape index (κ1) is 23.9. The standard InChI is InChI=1S/C24H29N3O4S3/c1-2-17-7-8-20-21(15-17)33-24(25-20)27(16-19-5-3-13-31-19)23(28)18-9-11-26(12-10-18)34(29,30)22-6-4-14-32-22/h4,6-8,14-15,18-19H,2-3,5,9-13,16H2,1H3. The van der Waals surface area contributed by atoms with Gasteiger partial charge in [-0.3, -0.25) is 9.69 Å². The third kappa shape index (κ3) is 4.79. The summed E-state index contributed by atoms with van der Waals surface area (Å²) >= 11 is 2.78. The maximum atomic E-state index is 13.7. The minimum absolute atomic E-state index is 0.0152. The van der Waals surface area contributed by atoms with Gasteiger partial charge in [0.05, 0.1) is 22.9 Å². The number of carbonyl (C=O) groups is 1. The summed E-state index contributed by atoms with van der Waals surface area (Å²) in [4.78, 5) is 20.3. The molecule has 182 valence electrons. The molecule has 2 saturated heterocycles. The SMILES string of the molecule is CCc1ccc2nc(N(CC3CCCO3)C(=O)C3CCN(S(=O)(=O)c4cccs4)CC3)sc2c1. The minimum atomic E-state index is -3.49. The molecular formula is C24H29N3O4S3. The molecule has 2 aliphatic heterocycles. The van der Waals surface area contributed by atoms with Gasteiger partial charge in [-0.25, -0.2) is 13.4 Å². The van der Waals surface area contributed by atoms with E-state index in [1.54, 1.807) is 33.7 Å². The van der Waals surface area contributed by atoms with Crippen molar-refractivity contribution in [3.05, 3.63) is 41.3 Å². The fraction of sp³-hybridized carbons (Fsp3) is 0.500. The Kier molecular flexibility index (Phi) is 7.04. The van der Waals surface area contributed by atoms with Crippen LogP contribution in [0.1, 0.15) is 38.2 Å². The highest BCUT2D eigenvalue weighted by molar-refractivity contribution is 7.91. The van der Waals surface area contributed by atoms with E-state index in [1.807, 2.05) is 6.07 Å². The van der Waals surface area contributed by atoms with Crippen molar-refractivity contribution in [3.8, 4) is 0 Å². The maximum Gasteiger partial charge on any atom is 0.252 e. The summed E-state index contributed by atoms with van der Waals surface area (Å²) in [5.74, 6) is -0.201. The van der Waals surface area contributed by atoms with Crippen LogP contribution in [0.25, 0.3) is 10.2 Å². The molecular weight excluding hydrogens is 490 g/mol. The summed E-state index contributed by atoms with van der Waals surface area (Å²) in [6.07, 6.45) is 3.93. The van der Waals surface area contributed by atoms with Crippen LogP contribution in [0.5, 0.6) is 0 Å². The molecule has 0 N–H and O–H groups in total. The highest BCUT2D eigenvalue weighted by atomic mass is 32.2. The highest BCUT2D eigenvalue weighted by Gasteiger charge is 2.36. The van der Waals surface area contributed by atoms with E-state index in [0.717, 1.165) is 36.1 Å². The van der Waals surface area contributed by atoms with Crippen molar-refractivity contribution in [2.24, 2.45) is 5.92 Å². The zero-order valence-corrected chi connectivity index (χ0v) is 21.6. The molecule has 2 aromatic heterocycles. The van der Waals surface area contributed by atoms with Gasteiger partial charge in [-0.1, -0.05) is 30.4 Å². The predicted molar refractivity (Wildman–Crippen MR) is 136 cm³/mol. The number of benzene rings is 1. The number of ether oxygens (including phenoxy) is 1. The van der Waals surface area contributed by atoms with Crippen LogP contribution in [-0.4, -0.2) is 56.0 Å². The number of hydrogen-bond acceptors (Lipinski definition) is 7. The number of anilines is 1. The Labute approximate surface area is 208 Å². The number of aryl methyl sites for hydroxylation is 1. The fourth-order valence-corrected chi connectivity index (χ4v) is 8.31. The first-order valence-corrected chi connectivity index (χ1v) is 15.0. The first-order valence-electron chi connectivity index (χ1n) is 11.8. The van der Waals surface area contributed by atoms with Gasteiger partial charge in [0.1, 0.15) is 4.21 Å². The van der Waals surface area contributed by atoms with E-state index < -0.39 is 10.0 Å². The maximum absolute atomic E-state index is 13.7. The lowest BCUT2D eigenvalue weighted by atomic mass is 9.96. The predicted octanol–water partition coefficient (Wildman–Crippen LogP) is 4.53. The van der Waals surface area contributed by atoms with Gasteiger partial charge in [0.25, 0.3) is 10.0 Å². The Balaban J connectivity index is 1.35. The van der Waals surface area contributed by atoms with Crippen LogP contribution in [0, 0.1) is 5.92 Å². The molecule has 0 spiro atoms. The number of aromatic nitrogens is 1. The lowest BCUT2D eigenvalue weighted by Gasteiger charge is -2.33. The van der Waals surface area contributed by atoms with E-state index in [9.17, 15) is 13.2 Å². The summed E-state index contributed by atoms with van der Waals surface area (Å²) in [5, 5.41) is 2.48. The molecule has 7 nitrogen and oxygen atoms in total. The van der Waals surface area contributed by atoms with Crippen LogP contribution in [0.3, 0.4) is 0 Å². The fourth-order valence-electron chi connectivity index (χ4n) is 4.65. The number of fused-ring (bicyclic) bond motifs is 1. The summed E-state index contributed by atoms with van der Waals surface area (Å²) < 4.78 is 34.6. The molecule has 0 bridgehead atoms. The van der Waals surface area contributed by atoms with Crippen molar-refractivity contribution in [1.29, 1.82) is 0 Å². The second-order valence-corrected chi connectivity index (χ2v) is 13.0. The van der Waals surface area contributed by atoms with Crippen LogP contribution in [0.2, 0.25) is 0 Å². The molecule has 1 atom stereocenters. The van der Waals surface area contributed by atoms with Crippen LogP contribution in [0.15, 0.2) is 39.9 Å². The van der Waals surface area contributed by atoms with Crippen molar-refractivity contribution < 1.29 is 17.9 Å². The molecule has 0 radical (unpaired) electrons. The minimum Gasteiger partial charge on any atom is -0.376 e. The molecule has 4 heterocycles. The molecule has 2 fully saturated rings. The van der Waals surface area contributed by atoms with Gasteiger partial charge in [0, 0.05) is 25.6 Å². The van der Waals surface area contributed by atoms with Crippen molar-refractivity contribution in [2.45, 2.75) is 49.3 Å². The molecule has 0 saturated carbocycles. The topological polar surface area (TPSA) is 79.8 Å². The quantitative estimate of drug-likeness (QED) is 0.458. The normalized spacial score (nSPS) is 20.2. The number of amides is 1. The van der Waals surface area contributed by atoms with E-state index in [0.29, 0.717) is 41.8 Å². The Morgan fingerprint density at radius 2 is 2.06 bits per heavy atom. The lowest BCUT2D eigenvalue weighted by molar-refractivity contribution is -0.123. The first-order chi connectivity index (χ1) is 16.5. The molecule has 10 heteroatoms. The number of thiophene rings is 1. The van der Waals surface area contributed by atoms with Gasteiger partial charge in [0.15, 0.2) is 5.13 Å². The monoisotopic (exact) mass is 519 g/mol. The van der Waals surface area contributed by atoms with Crippen molar-refractivity contribution in [2.75, 3.05) is 31.1 Å². The number of sulfonamides is 1. The number of rotatable bonds is 7. The van der Waals surface area contributed by atoms with Gasteiger partial charge in [0.2, 0.25) is 5.91 Å². The van der Waals surface area contributed by atoms with E-state index in [4.69, 9.17) is 9.72 Å². The molecule has 1 unspecified atom stereocenters. The third-order valence-corrected chi connectivity index (χ3v) is 11.0. The number of piperidine rings is 1. The van der Waals surface area contributed by atoms with Gasteiger partial charge in [-0.2, -0.15) is 4.31 Å². The van der Waals surface area contributed by atoms with Crippen LogP contribution < -0.4 is 4.90 Å². The van der Waals surface area contributed by atoms with E-state index in [2.05, 4.69) is 19.1 Å². The summed E-state index contributed by atoms with van der Waals surface area (Å²) in [5.41, 5.74) is 2.15. The smallest absolute Gasteiger partial charge is 0.252 e. The number of carbonyl (C=O) groups excluding carboxylic acids is 1. The average molecular weight is 520 g/mol.